The summed E-state index contributed by atoms with van der Waals surface area (Å²) < 4.78 is 4.39. The first-order valence-electron chi connectivity index (χ1n) is 4.13. The molecule has 2 N–H and O–H groups in total. The van der Waals surface area contributed by atoms with Crippen molar-refractivity contribution in [3.63, 3.8) is 0 Å². The molecule has 5 nitrogen and oxygen atoms in total. The predicted molar refractivity (Wildman–Crippen MR) is 63.3 cm³/mol. The highest BCUT2D eigenvalue weighted by atomic mass is 32.1. The second-order valence-corrected chi connectivity index (χ2v) is 4.34. The molecule has 0 aromatic carbocycles. The summed E-state index contributed by atoms with van der Waals surface area (Å²) in [4.78, 5) is 16.1. The number of carbonyl (C=O) groups is 1. The lowest BCUT2D eigenvalue weighted by Crippen LogP contribution is -2.33. The van der Waals surface area contributed by atoms with Crippen LogP contribution in [0.1, 0.15) is 10.6 Å². The topological polar surface area (TPSA) is 63.2 Å². The van der Waals surface area contributed by atoms with Gasteiger partial charge in [0.1, 0.15) is 0 Å². The van der Waals surface area contributed by atoms with Gasteiger partial charge >= 0.3 is 6.09 Å². The number of hydrogen-bond acceptors (Lipinski definition) is 5. The Kier molecular flexibility index (Phi) is 3.98. The average molecular weight is 245 g/mol. The second-order valence-electron chi connectivity index (χ2n) is 2.73. The molecule has 1 amide bonds. The number of aromatic nitrogens is 1. The minimum absolute atomic E-state index is 0.176. The van der Waals surface area contributed by atoms with Crippen molar-refractivity contribution in [2.45, 2.75) is 13.8 Å². The summed E-state index contributed by atoms with van der Waals surface area (Å²) >= 11 is 6.35. The van der Waals surface area contributed by atoms with Gasteiger partial charge in [0.15, 0.2) is 10.2 Å². The van der Waals surface area contributed by atoms with Crippen LogP contribution in [0, 0.1) is 13.8 Å². The number of thiocarbonyl (C=S) groups is 1. The van der Waals surface area contributed by atoms with Crippen molar-refractivity contribution in [2.24, 2.45) is 0 Å². The summed E-state index contributed by atoms with van der Waals surface area (Å²) in [6.07, 6.45) is -0.600. The van der Waals surface area contributed by atoms with Gasteiger partial charge in [-0.15, -0.1) is 11.3 Å². The summed E-state index contributed by atoms with van der Waals surface area (Å²) in [6.45, 7) is 3.88. The van der Waals surface area contributed by atoms with Crippen LogP contribution >= 0.6 is 23.6 Å². The van der Waals surface area contributed by atoms with E-state index in [0.717, 1.165) is 10.6 Å². The lowest BCUT2D eigenvalue weighted by atomic mass is 10.4. The van der Waals surface area contributed by atoms with Crippen LogP contribution in [0.5, 0.6) is 0 Å². The van der Waals surface area contributed by atoms with Crippen LogP contribution in [-0.4, -0.2) is 23.3 Å². The molecular formula is C8H11N3O2S2. The van der Waals surface area contributed by atoms with E-state index in [1.807, 2.05) is 13.8 Å². The summed E-state index contributed by atoms with van der Waals surface area (Å²) in [5, 5.41) is 5.96. The molecule has 0 bridgehead atoms. The van der Waals surface area contributed by atoms with E-state index in [-0.39, 0.29) is 5.11 Å². The van der Waals surface area contributed by atoms with Gasteiger partial charge < -0.3 is 10.1 Å². The van der Waals surface area contributed by atoms with Crippen LogP contribution in [0.4, 0.5) is 9.93 Å². The highest BCUT2D eigenvalue weighted by molar-refractivity contribution is 7.80. The SMILES string of the molecule is COC(=O)NC(=S)Nc1nc(C)c(C)s1. The molecule has 0 spiro atoms. The van der Waals surface area contributed by atoms with Crippen molar-refractivity contribution in [1.29, 1.82) is 0 Å². The number of carbonyl (C=O) groups excluding carboxylic acids is 1. The zero-order chi connectivity index (χ0) is 11.4. The molecule has 0 unspecified atom stereocenters. The van der Waals surface area contributed by atoms with Gasteiger partial charge in [-0.1, -0.05) is 0 Å². The summed E-state index contributed by atoms with van der Waals surface area (Å²) in [5.41, 5.74) is 0.948. The number of amides is 1. The van der Waals surface area contributed by atoms with Crippen molar-refractivity contribution >= 4 is 39.9 Å². The van der Waals surface area contributed by atoms with E-state index in [1.54, 1.807) is 0 Å². The lowest BCUT2D eigenvalue weighted by Gasteiger charge is -2.04. The van der Waals surface area contributed by atoms with Crippen molar-refractivity contribution in [1.82, 2.24) is 10.3 Å². The van der Waals surface area contributed by atoms with Gasteiger partial charge in [-0.05, 0) is 26.1 Å². The number of thiazole rings is 1. The van der Waals surface area contributed by atoms with Crippen molar-refractivity contribution in [2.75, 3.05) is 12.4 Å². The lowest BCUT2D eigenvalue weighted by molar-refractivity contribution is 0.177. The number of anilines is 1. The van der Waals surface area contributed by atoms with Gasteiger partial charge in [-0.2, -0.15) is 0 Å². The van der Waals surface area contributed by atoms with Crippen LogP contribution in [0.15, 0.2) is 0 Å². The standard InChI is InChI=1S/C8H11N3O2S2/c1-4-5(2)15-7(9-4)10-6(14)11-8(12)13-3/h1-3H3,(H2,9,10,11,12,14). The van der Waals surface area contributed by atoms with Crippen LogP contribution in [0.25, 0.3) is 0 Å². The van der Waals surface area contributed by atoms with Gasteiger partial charge in [0.25, 0.3) is 0 Å². The van der Waals surface area contributed by atoms with E-state index in [4.69, 9.17) is 12.2 Å². The Hall–Kier alpha value is -1.21. The number of aryl methyl sites for hydroxylation is 2. The molecule has 7 heteroatoms. The van der Waals surface area contributed by atoms with Gasteiger partial charge in [0, 0.05) is 4.88 Å². The van der Waals surface area contributed by atoms with E-state index in [2.05, 4.69) is 20.4 Å². The quantitative estimate of drug-likeness (QED) is 0.739. The van der Waals surface area contributed by atoms with Gasteiger partial charge in [-0.25, -0.2) is 9.78 Å². The maximum atomic E-state index is 10.8. The van der Waals surface area contributed by atoms with Gasteiger partial charge in [-0.3, -0.25) is 5.32 Å². The molecule has 0 saturated carbocycles. The molecule has 0 aliphatic heterocycles. The monoisotopic (exact) mass is 245 g/mol. The normalized spacial score (nSPS) is 9.53. The Morgan fingerprint density at radius 1 is 1.53 bits per heavy atom. The number of nitrogens with one attached hydrogen (secondary N) is 2. The highest BCUT2D eigenvalue weighted by Gasteiger charge is 2.07. The first-order chi connectivity index (χ1) is 7.02. The number of alkyl carbamates (subject to hydrolysis) is 1. The van der Waals surface area contributed by atoms with Crippen LogP contribution in [0.3, 0.4) is 0 Å². The average Bonchev–Trinajstić information content (AvgIpc) is 2.45. The molecule has 1 aromatic rings. The molecule has 15 heavy (non-hydrogen) atoms. The smallest absolute Gasteiger partial charge is 0.413 e. The minimum atomic E-state index is -0.600. The van der Waals surface area contributed by atoms with Crippen molar-refractivity contribution in [3.05, 3.63) is 10.6 Å². The zero-order valence-electron chi connectivity index (χ0n) is 8.58. The Balaban J connectivity index is 2.55. The van der Waals surface area contributed by atoms with E-state index in [1.165, 1.54) is 18.4 Å². The van der Waals surface area contributed by atoms with Crippen LogP contribution < -0.4 is 10.6 Å². The third kappa shape index (κ3) is 3.45. The molecule has 0 aliphatic carbocycles. The fourth-order valence-corrected chi connectivity index (χ4v) is 1.86. The van der Waals surface area contributed by atoms with E-state index < -0.39 is 6.09 Å². The maximum Gasteiger partial charge on any atom is 0.413 e. The summed E-state index contributed by atoms with van der Waals surface area (Å²) in [6, 6.07) is 0. The van der Waals surface area contributed by atoms with Crippen molar-refractivity contribution < 1.29 is 9.53 Å². The molecule has 1 heterocycles. The number of rotatable bonds is 1. The molecule has 0 radical (unpaired) electrons. The fourth-order valence-electron chi connectivity index (χ4n) is 0.798. The Morgan fingerprint density at radius 2 is 2.20 bits per heavy atom. The molecule has 82 valence electrons. The Morgan fingerprint density at radius 3 is 2.67 bits per heavy atom. The van der Waals surface area contributed by atoms with E-state index in [9.17, 15) is 4.79 Å². The zero-order valence-corrected chi connectivity index (χ0v) is 10.2. The number of ether oxygens (including phenoxy) is 1. The highest BCUT2D eigenvalue weighted by Crippen LogP contribution is 2.20. The third-order valence-electron chi connectivity index (χ3n) is 1.65. The third-order valence-corrected chi connectivity index (χ3v) is 2.84. The van der Waals surface area contributed by atoms with E-state index in [0.29, 0.717) is 5.13 Å². The second kappa shape index (κ2) is 5.04. The Labute approximate surface area is 96.8 Å². The first-order valence-corrected chi connectivity index (χ1v) is 5.35. The van der Waals surface area contributed by atoms with Crippen molar-refractivity contribution in [3.8, 4) is 0 Å². The fraction of sp³-hybridized carbons (Fsp3) is 0.375. The predicted octanol–water partition coefficient (Wildman–Crippen LogP) is 1.81. The molecule has 0 atom stereocenters. The number of nitrogens with zero attached hydrogens (tertiary/aromatic N) is 1. The largest absolute Gasteiger partial charge is 0.453 e. The minimum Gasteiger partial charge on any atom is -0.453 e. The molecular weight excluding hydrogens is 234 g/mol. The molecule has 0 saturated heterocycles. The maximum absolute atomic E-state index is 10.8. The Bertz CT molecular complexity index is 370. The molecule has 0 aliphatic rings. The van der Waals surface area contributed by atoms with Crippen LogP contribution in [-0.2, 0) is 4.74 Å². The number of hydrogen-bond donors (Lipinski definition) is 2. The molecule has 0 fully saturated rings. The van der Waals surface area contributed by atoms with Gasteiger partial charge in [0.05, 0.1) is 12.8 Å². The summed E-state index contributed by atoms with van der Waals surface area (Å²) in [5.74, 6) is 0. The van der Waals surface area contributed by atoms with Gasteiger partial charge in [0.2, 0.25) is 0 Å². The van der Waals surface area contributed by atoms with E-state index >= 15 is 0 Å². The molecule has 1 aromatic heterocycles. The summed E-state index contributed by atoms with van der Waals surface area (Å²) in [7, 11) is 1.27. The first kappa shape index (κ1) is 11.9. The number of methoxy groups -OCH3 is 1. The van der Waals surface area contributed by atoms with Crippen LogP contribution in [0.2, 0.25) is 0 Å². The molecule has 1 rings (SSSR count).